The highest BCUT2D eigenvalue weighted by Crippen LogP contribution is 2.02. The molecular weight excluding hydrogens is 132 g/mol. The molecule has 1 heterocycles. The number of aromatic nitrogens is 1. The topological polar surface area (TPSA) is 71.0 Å². The van der Waals surface area contributed by atoms with Crippen LogP contribution in [0.2, 0.25) is 0 Å². The van der Waals surface area contributed by atoms with Crippen LogP contribution in [-0.2, 0) is 0 Å². The first kappa shape index (κ1) is 6.36. The maximum absolute atomic E-state index is 10.6. The first-order chi connectivity index (χ1) is 4.74. The summed E-state index contributed by atoms with van der Waals surface area (Å²) in [5.41, 5.74) is -0.0298. The van der Waals surface area contributed by atoms with Crippen LogP contribution in [0.4, 0.5) is 0 Å². The van der Waals surface area contributed by atoms with E-state index in [0.717, 1.165) is 6.20 Å². The summed E-state index contributed by atoms with van der Waals surface area (Å²) in [7, 11) is 0. The van der Waals surface area contributed by atoms with Crippen molar-refractivity contribution in [1.29, 1.82) is 5.26 Å². The molecule has 1 rings (SSSR count). The van der Waals surface area contributed by atoms with Gasteiger partial charge in [-0.25, -0.2) is 0 Å². The van der Waals surface area contributed by atoms with Crippen LogP contribution in [0.5, 0.6) is 5.75 Å². The van der Waals surface area contributed by atoms with Crippen molar-refractivity contribution in [2.24, 2.45) is 0 Å². The van der Waals surface area contributed by atoms with Crippen LogP contribution < -0.4 is 4.73 Å². The molecule has 50 valence electrons. The summed E-state index contributed by atoms with van der Waals surface area (Å²) in [6, 6.07) is 4.20. The summed E-state index contributed by atoms with van der Waals surface area (Å²) in [6.07, 6.45) is 0.929. The SMILES string of the molecule is N#Cc1ccc(O)c[n+]1[O-]. The Hall–Kier alpha value is -1.76. The van der Waals surface area contributed by atoms with E-state index >= 15 is 0 Å². The Morgan fingerprint density at radius 3 is 2.80 bits per heavy atom. The second-order valence-electron chi connectivity index (χ2n) is 1.71. The van der Waals surface area contributed by atoms with Gasteiger partial charge in [-0.1, -0.05) is 0 Å². The van der Waals surface area contributed by atoms with Gasteiger partial charge in [0.2, 0.25) is 6.20 Å². The van der Waals surface area contributed by atoms with Crippen LogP contribution in [0.1, 0.15) is 5.69 Å². The maximum Gasteiger partial charge on any atom is 0.294 e. The number of nitriles is 1. The van der Waals surface area contributed by atoms with E-state index in [-0.39, 0.29) is 11.4 Å². The Kier molecular flexibility index (Phi) is 1.42. The first-order valence-electron chi connectivity index (χ1n) is 2.56. The molecule has 10 heavy (non-hydrogen) atoms. The van der Waals surface area contributed by atoms with E-state index in [1.54, 1.807) is 6.07 Å². The molecule has 0 saturated heterocycles. The van der Waals surface area contributed by atoms with Gasteiger partial charge in [-0.3, -0.25) is 0 Å². The lowest BCUT2D eigenvalue weighted by atomic mass is 10.4. The molecule has 1 N–H and O–H groups in total. The number of aromatic hydroxyl groups is 1. The number of pyridine rings is 1. The summed E-state index contributed by atoms with van der Waals surface area (Å²) in [5.74, 6) is -0.144. The molecule has 0 bridgehead atoms. The van der Waals surface area contributed by atoms with Crippen molar-refractivity contribution in [1.82, 2.24) is 0 Å². The minimum Gasteiger partial charge on any atom is -0.618 e. The Morgan fingerprint density at radius 2 is 2.30 bits per heavy atom. The predicted octanol–water partition coefficient (Wildman–Crippen LogP) is -0.103. The number of hydrogen-bond acceptors (Lipinski definition) is 3. The molecular formula is C6H4N2O2. The van der Waals surface area contributed by atoms with Gasteiger partial charge in [0.1, 0.15) is 0 Å². The van der Waals surface area contributed by atoms with Crippen molar-refractivity contribution in [3.63, 3.8) is 0 Å². The normalized spacial score (nSPS) is 8.70. The van der Waals surface area contributed by atoms with Crippen molar-refractivity contribution >= 4 is 0 Å². The quantitative estimate of drug-likeness (QED) is 0.399. The highest BCUT2D eigenvalue weighted by Gasteiger charge is 2.02. The van der Waals surface area contributed by atoms with Crippen molar-refractivity contribution in [3.8, 4) is 11.8 Å². The maximum atomic E-state index is 10.6. The highest BCUT2D eigenvalue weighted by atomic mass is 16.5. The average molecular weight is 136 g/mol. The van der Waals surface area contributed by atoms with Crippen LogP contribution in [0.3, 0.4) is 0 Å². The second kappa shape index (κ2) is 2.23. The van der Waals surface area contributed by atoms with Gasteiger partial charge in [0.15, 0.2) is 11.8 Å². The molecule has 0 aromatic carbocycles. The van der Waals surface area contributed by atoms with Gasteiger partial charge in [-0.2, -0.15) is 9.99 Å². The zero-order valence-corrected chi connectivity index (χ0v) is 4.98. The van der Waals surface area contributed by atoms with Gasteiger partial charge in [-0.05, 0) is 6.07 Å². The van der Waals surface area contributed by atoms with Gasteiger partial charge >= 0.3 is 0 Å². The van der Waals surface area contributed by atoms with E-state index in [2.05, 4.69) is 0 Å². The van der Waals surface area contributed by atoms with E-state index < -0.39 is 0 Å². The molecule has 4 heteroatoms. The van der Waals surface area contributed by atoms with E-state index in [1.165, 1.54) is 12.1 Å². The van der Waals surface area contributed by atoms with E-state index in [4.69, 9.17) is 10.4 Å². The lowest BCUT2D eigenvalue weighted by Crippen LogP contribution is -2.29. The average Bonchev–Trinajstić information content (AvgIpc) is 1.88. The summed E-state index contributed by atoms with van der Waals surface area (Å²) >= 11 is 0. The van der Waals surface area contributed by atoms with Gasteiger partial charge in [0.25, 0.3) is 5.69 Å². The van der Waals surface area contributed by atoms with Gasteiger partial charge in [-0.15, -0.1) is 0 Å². The fraction of sp³-hybridized carbons (Fsp3) is 0. The molecule has 0 aliphatic heterocycles. The minimum absolute atomic E-state index is 0.0298. The fourth-order valence-electron chi connectivity index (χ4n) is 0.557. The Balaban J connectivity index is 3.23. The number of hydrogen-bond donors (Lipinski definition) is 1. The van der Waals surface area contributed by atoms with Crippen molar-refractivity contribution in [2.45, 2.75) is 0 Å². The van der Waals surface area contributed by atoms with Crippen LogP contribution in [-0.4, -0.2) is 5.11 Å². The second-order valence-corrected chi connectivity index (χ2v) is 1.71. The Morgan fingerprint density at radius 1 is 1.60 bits per heavy atom. The summed E-state index contributed by atoms with van der Waals surface area (Å²) in [5, 5.41) is 27.6. The van der Waals surface area contributed by atoms with Crippen molar-refractivity contribution in [3.05, 3.63) is 29.2 Å². The molecule has 0 aliphatic carbocycles. The monoisotopic (exact) mass is 136 g/mol. The lowest BCUT2D eigenvalue weighted by Gasteiger charge is -1.95. The third-order valence-corrected chi connectivity index (χ3v) is 1.01. The van der Waals surface area contributed by atoms with Crippen LogP contribution in [0, 0.1) is 16.5 Å². The predicted molar refractivity (Wildman–Crippen MR) is 31.8 cm³/mol. The first-order valence-corrected chi connectivity index (χ1v) is 2.56. The third-order valence-electron chi connectivity index (χ3n) is 1.01. The van der Waals surface area contributed by atoms with Crippen molar-refractivity contribution < 1.29 is 9.84 Å². The largest absolute Gasteiger partial charge is 0.618 e. The van der Waals surface area contributed by atoms with Crippen molar-refractivity contribution in [2.75, 3.05) is 0 Å². The van der Waals surface area contributed by atoms with E-state index in [0.29, 0.717) is 4.73 Å². The van der Waals surface area contributed by atoms with E-state index in [1.807, 2.05) is 0 Å². The van der Waals surface area contributed by atoms with Gasteiger partial charge in [0, 0.05) is 6.07 Å². The fourth-order valence-corrected chi connectivity index (χ4v) is 0.557. The molecule has 0 amide bonds. The van der Waals surface area contributed by atoms with Crippen LogP contribution in [0.15, 0.2) is 18.3 Å². The van der Waals surface area contributed by atoms with E-state index in [9.17, 15) is 5.21 Å². The summed E-state index contributed by atoms with van der Waals surface area (Å²) in [4.78, 5) is 0. The third kappa shape index (κ3) is 0.977. The Labute approximate surface area is 57.2 Å². The van der Waals surface area contributed by atoms with Gasteiger partial charge < -0.3 is 10.3 Å². The van der Waals surface area contributed by atoms with Gasteiger partial charge in [0.05, 0.1) is 0 Å². The summed E-state index contributed by atoms with van der Waals surface area (Å²) in [6.45, 7) is 0. The molecule has 0 spiro atoms. The highest BCUT2D eigenvalue weighted by molar-refractivity contribution is 5.20. The molecule has 0 fully saturated rings. The molecule has 0 radical (unpaired) electrons. The molecule has 0 unspecified atom stereocenters. The minimum atomic E-state index is -0.144. The summed E-state index contributed by atoms with van der Waals surface area (Å²) < 4.78 is 0.315. The smallest absolute Gasteiger partial charge is 0.294 e. The lowest BCUT2D eigenvalue weighted by molar-refractivity contribution is -0.608. The molecule has 1 aromatic rings. The number of nitrogens with zero attached hydrogens (tertiary/aromatic N) is 2. The van der Waals surface area contributed by atoms with Crippen LogP contribution >= 0.6 is 0 Å². The standard InChI is InChI=1S/C6H4N2O2/c7-3-5-1-2-6(9)4-8(5)10/h1-2,4,9H. The molecule has 0 atom stereocenters. The molecule has 0 saturated carbocycles. The van der Waals surface area contributed by atoms with Crippen LogP contribution in [0.25, 0.3) is 0 Å². The zero-order chi connectivity index (χ0) is 7.56. The zero-order valence-electron chi connectivity index (χ0n) is 4.98. The molecule has 1 aromatic heterocycles. The molecule has 0 aliphatic rings. The molecule has 4 nitrogen and oxygen atoms in total. The Bertz CT molecular complexity index is 290. The number of rotatable bonds is 0.